The number of carbonyl (C=O) groups is 1. The molecule has 1 aromatic carbocycles. The number of hydrogen-bond acceptors (Lipinski definition) is 7. The van der Waals surface area contributed by atoms with Gasteiger partial charge in [0.25, 0.3) is 17.5 Å². The zero-order valence-electron chi connectivity index (χ0n) is 13.0. The van der Waals surface area contributed by atoms with E-state index in [2.05, 4.69) is 26.0 Å². The van der Waals surface area contributed by atoms with Crippen molar-refractivity contribution in [3.05, 3.63) is 39.4 Å². The summed E-state index contributed by atoms with van der Waals surface area (Å²) in [6, 6.07) is 4.18. The molecule has 0 radical (unpaired) electrons. The molecule has 1 aromatic heterocycles. The number of amides is 1. The van der Waals surface area contributed by atoms with Crippen molar-refractivity contribution < 1.29 is 9.72 Å². The lowest BCUT2D eigenvalue weighted by Crippen LogP contribution is -2.34. The summed E-state index contributed by atoms with van der Waals surface area (Å²) < 4.78 is 0. The Kier molecular flexibility index (Phi) is 5.47. The van der Waals surface area contributed by atoms with Crippen LogP contribution in [0, 0.1) is 17.0 Å². The largest absolute Gasteiger partial charge is 0.299 e. The van der Waals surface area contributed by atoms with Gasteiger partial charge in [-0.2, -0.15) is 4.80 Å². The summed E-state index contributed by atoms with van der Waals surface area (Å²) in [6.07, 6.45) is 0.850. The van der Waals surface area contributed by atoms with E-state index in [1.54, 1.807) is 6.92 Å². The maximum absolute atomic E-state index is 12.1. The van der Waals surface area contributed by atoms with Gasteiger partial charge >= 0.3 is 0 Å². The molecule has 24 heavy (non-hydrogen) atoms. The molecule has 0 aliphatic carbocycles. The monoisotopic (exact) mass is 349 g/mol. The average Bonchev–Trinajstić information content (AvgIpc) is 2.94. The number of hydrogen-bond donors (Lipinski definition) is 2. The summed E-state index contributed by atoms with van der Waals surface area (Å²) in [5.74, 6) is -0.416. The maximum Gasteiger partial charge on any atom is 0.273 e. The van der Waals surface area contributed by atoms with Crippen LogP contribution >= 0.6 is 12.2 Å². The Morgan fingerprint density at radius 2 is 2.21 bits per heavy atom. The van der Waals surface area contributed by atoms with E-state index in [0.717, 1.165) is 6.42 Å². The molecule has 0 aliphatic rings. The lowest BCUT2D eigenvalue weighted by Gasteiger charge is -2.07. The first-order valence-electron chi connectivity index (χ1n) is 7.06. The van der Waals surface area contributed by atoms with Crippen molar-refractivity contribution in [1.82, 2.24) is 25.5 Å². The molecule has 126 valence electrons. The number of carbonyl (C=O) groups excluding carboxylic acids is 1. The molecule has 11 heteroatoms. The van der Waals surface area contributed by atoms with E-state index in [9.17, 15) is 14.9 Å². The number of nitro groups is 1. The zero-order chi connectivity index (χ0) is 17.7. The van der Waals surface area contributed by atoms with E-state index in [1.807, 2.05) is 6.92 Å². The van der Waals surface area contributed by atoms with E-state index in [1.165, 1.54) is 23.0 Å². The van der Waals surface area contributed by atoms with Crippen LogP contribution < -0.4 is 10.6 Å². The summed E-state index contributed by atoms with van der Waals surface area (Å²) in [5, 5.41) is 27.5. The number of nitrogens with zero attached hydrogens (tertiary/aromatic N) is 5. The molecule has 10 nitrogen and oxygen atoms in total. The van der Waals surface area contributed by atoms with Gasteiger partial charge in [-0.25, -0.2) is 0 Å². The maximum atomic E-state index is 12.1. The number of thiocarbonyl (C=S) groups is 1. The highest BCUT2D eigenvalue weighted by Gasteiger charge is 2.16. The fourth-order valence-corrected chi connectivity index (χ4v) is 2.03. The van der Waals surface area contributed by atoms with Gasteiger partial charge in [0.1, 0.15) is 0 Å². The molecule has 1 amide bonds. The third kappa shape index (κ3) is 4.29. The smallest absolute Gasteiger partial charge is 0.273 e. The van der Waals surface area contributed by atoms with E-state index in [-0.39, 0.29) is 22.3 Å². The van der Waals surface area contributed by atoms with Crippen molar-refractivity contribution in [3.63, 3.8) is 0 Å². The summed E-state index contributed by atoms with van der Waals surface area (Å²) in [7, 11) is 0. The SMILES string of the molecule is CCCn1nnc(NC(=S)NC(=O)c2ccc(C)c([N+](=O)[O-])c2)n1. The Bertz CT molecular complexity index is 790. The van der Waals surface area contributed by atoms with Crippen molar-refractivity contribution in [3.8, 4) is 0 Å². The van der Waals surface area contributed by atoms with Crippen LogP contribution in [0.1, 0.15) is 29.3 Å². The summed E-state index contributed by atoms with van der Waals surface area (Å²) in [6.45, 7) is 4.18. The molecular weight excluding hydrogens is 334 g/mol. The Hall–Kier alpha value is -2.95. The van der Waals surface area contributed by atoms with E-state index >= 15 is 0 Å². The molecule has 0 bridgehead atoms. The van der Waals surface area contributed by atoms with Gasteiger partial charge in [-0.1, -0.05) is 18.1 Å². The second-order valence-electron chi connectivity index (χ2n) is 4.88. The normalized spacial score (nSPS) is 10.2. The van der Waals surface area contributed by atoms with Crippen LogP contribution in [0.15, 0.2) is 18.2 Å². The highest BCUT2D eigenvalue weighted by Crippen LogP contribution is 2.19. The van der Waals surface area contributed by atoms with Gasteiger partial charge < -0.3 is 0 Å². The molecular formula is C13H15N7O3S. The van der Waals surface area contributed by atoms with Crippen LogP contribution in [0.2, 0.25) is 0 Å². The first kappa shape index (κ1) is 17.4. The molecule has 0 aliphatic heterocycles. The number of benzene rings is 1. The van der Waals surface area contributed by atoms with Gasteiger partial charge in [0.05, 0.1) is 11.5 Å². The van der Waals surface area contributed by atoms with Gasteiger partial charge in [-0.05, 0) is 36.8 Å². The van der Waals surface area contributed by atoms with E-state index < -0.39 is 10.8 Å². The average molecular weight is 349 g/mol. The first-order valence-corrected chi connectivity index (χ1v) is 7.46. The zero-order valence-corrected chi connectivity index (χ0v) is 13.8. The molecule has 0 atom stereocenters. The molecule has 0 fully saturated rings. The molecule has 2 N–H and O–H groups in total. The predicted molar refractivity (Wildman–Crippen MR) is 89.6 cm³/mol. The Labute approximate surface area is 142 Å². The lowest BCUT2D eigenvalue weighted by molar-refractivity contribution is -0.385. The minimum absolute atomic E-state index is 0.0284. The van der Waals surface area contributed by atoms with Crippen LogP contribution in [0.3, 0.4) is 0 Å². The number of nitrogens with one attached hydrogen (secondary N) is 2. The number of aromatic nitrogens is 4. The molecule has 0 saturated heterocycles. The topological polar surface area (TPSA) is 128 Å². The highest BCUT2D eigenvalue weighted by atomic mass is 32.1. The Balaban J connectivity index is 2.02. The van der Waals surface area contributed by atoms with Crippen molar-refractivity contribution in [2.45, 2.75) is 26.8 Å². The van der Waals surface area contributed by atoms with E-state index in [4.69, 9.17) is 12.2 Å². The fraction of sp³-hybridized carbons (Fsp3) is 0.308. The second kappa shape index (κ2) is 7.55. The Morgan fingerprint density at radius 3 is 2.88 bits per heavy atom. The Morgan fingerprint density at radius 1 is 1.46 bits per heavy atom. The summed E-state index contributed by atoms with van der Waals surface area (Å²) in [4.78, 5) is 23.9. The molecule has 2 rings (SSSR count). The minimum Gasteiger partial charge on any atom is -0.299 e. The fourth-order valence-electron chi connectivity index (χ4n) is 1.84. The first-order chi connectivity index (χ1) is 11.4. The van der Waals surface area contributed by atoms with Gasteiger partial charge in [0, 0.05) is 17.2 Å². The standard InChI is InChI=1S/C13H15N7O3S/c1-3-6-19-17-12(16-18-19)15-13(24)14-11(21)9-5-4-8(2)10(7-9)20(22)23/h4-5,7H,3,6H2,1-2H3,(H2,14,15,17,21,24). The summed E-state index contributed by atoms with van der Waals surface area (Å²) >= 11 is 5.00. The van der Waals surface area contributed by atoms with Crippen LogP contribution in [0.5, 0.6) is 0 Å². The van der Waals surface area contributed by atoms with Crippen LogP contribution in [0.4, 0.5) is 11.6 Å². The second-order valence-corrected chi connectivity index (χ2v) is 5.28. The van der Waals surface area contributed by atoms with Gasteiger partial charge in [0.2, 0.25) is 0 Å². The van der Waals surface area contributed by atoms with E-state index in [0.29, 0.717) is 12.1 Å². The van der Waals surface area contributed by atoms with Gasteiger partial charge in [0.15, 0.2) is 5.11 Å². The number of rotatable bonds is 5. The third-order valence-corrected chi connectivity index (χ3v) is 3.20. The number of aryl methyl sites for hydroxylation is 2. The van der Waals surface area contributed by atoms with Crippen LogP contribution in [-0.4, -0.2) is 36.2 Å². The minimum atomic E-state index is -0.573. The van der Waals surface area contributed by atoms with Gasteiger partial charge in [-0.3, -0.25) is 25.5 Å². The number of nitro benzene ring substituents is 1. The third-order valence-electron chi connectivity index (χ3n) is 3.00. The molecule has 1 heterocycles. The highest BCUT2D eigenvalue weighted by molar-refractivity contribution is 7.80. The van der Waals surface area contributed by atoms with Crippen molar-refractivity contribution in [1.29, 1.82) is 0 Å². The number of tetrazole rings is 1. The predicted octanol–water partition coefficient (Wildman–Crippen LogP) is 1.43. The van der Waals surface area contributed by atoms with Crippen molar-refractivity contribution in [2.75, 3.05) is 5.32 Å². The molecule has 0 spiro atoms. The molecule has 2 aromatic rings. The van der Waals surface area contributed by atoms with Crippen molar-refractivity contribution >= 4 is 34.9 Å². The quantitative estimate of drug-likeness (QED) is 0.471. The van der Waals surface area contributed by atoms with Crippen LogP contribution in [0.25, 0.3) is 0 Å². The molecule has 0 saturated carbocycles. The lowest BCUT2D eigenvalue weighted by atomic mass is 10.1. The van der Waals surface area contributed by atoms with Crippen LogP contribution in [-0.2, 0) is 6.54 Å². The van der Waals surface area contributed by atoms with Gasteiger partial charge in [-0.15, -0.1) is 5.10 Å². The van der Waals surface area contributed by atoms with Crippen molar-refractivity contribution in [2.24, 2.45) is 0 Å². The number of anilines is 1. The summed E-state index contributed by atoms with van der Waals surface area (Å²) in [5.41, 5.74) is 0.457. The molecule has 0 unspecified atom stereocenters.